The van der Waals surface area contributed by atoms with Crippen molar-refractivity contribution in [3.05, 3.63) is 52.9 Å². The number of carbonyl (C=O) groups excluding carboxylic acids is 1. The number of hydrogen-bond acceptors (Lipinski definition) is 5. The number of carbonyl (C=O) groups is 2. The van der Waals surface area contributed by atoms with E-state index in [0.29, 0.717) is 31.7 Å². The van der Waals surface area contributed by atoms with E-state index >= 15 is 0 Å². The number of carboxylic acid groups (broad SMARTS) is 1. The zero-order chi connectivity index (χ0) is 20.1. The van der Waals surface area contributed by atoms with Gasteiger partial charge in [-0.25, -0.2) is 0 Å². The highest BCUT2D eigenvalue weighted by atomic mass is 16.5. The van der Waals surface area contributed by atoms with Crippen molar-refractivity contribution in [1.82, 2.24) is 10.1 Å². The third-order valence-corrected chi connectivity index (χ3v) is 4.95. The molecule has 1 aliphatic heterocycles. The zero-order valence-electron chi connectivity index (χ0n) is 16.1. The molecule has 7 heteroatoms. The SMILES string of the molecule is Cc1noc(C)c1COc1ccc(/C=C/C(=O)N2CCCC(C(=O)O)C2)cc1. The van der Waals surface area contributed by atoms with Gasteiger partial charge in [0.2, 0.25) is 5.91 Å². The summed E-state index contributed by atoms with van der Waals surface area (Å²) in [6.45, 7) is 4.98. The van der Waals surface area contributed by atoms with E-state index in [9.17, 15) is 9.59 Å². The maximum atomic E-state index is 12.3. The van der Waals surface area contributed by atoms with Gasteiger partial charge in [-0.1, -0.05) is 17.3 Å². The van der Waals surface area contributed by atoms with E-state index in [0.717, 1.165) is 22.6 Å². The maximum Gasteiger partial charge on any atom is 0.308 e. The minimum absolute atomic E-state index is 0.162. The summed E-state index contributed by atoms with van der Waals surface area (Å²) < 4.78 is 10.9. The molecule has 0 spiro atoms. The average molecular weight is 384 g/mol. The Bertz CT molecular complexity index is 850. The molecule has 28 heavy (non-hydrogen) atoms. The van der Waals surface area contributed by atoms with E-state index in [1.807, 2.05) is 38.1 Å². The Morgan fingerprint density at radius 1 is 1.32 bits per heavy atom. The molecule has 148 valence electrons. The van der Waals surface area contributed by atoms with Crippen LogP contribution in [0.4, 0.5) is 0 Å². The second-order valence-electron chi connectivity index (χ2n) is 6.96. The standard InChI is InChI=1S/C21H24N2O5/c1-14-19(15(2)28-22-14)13-27-18-8-5-16(6-9-18)7-10-20(24)23-11-3-4-17(12-23)21(25)26/h5-10,17H,3-4,11-13H2,1-2H3,(H,25,26)/b10-7+. The molecule has 1 aliphatic rings. The van der Waals surface area contributed by atoms with Gasteiger partial charge in [-0.2, -0.15) is 0 Å². The zero-order valence-corrected chi connectivity index (χ0v) is 16.1. The minimum Gasteiger partial charge on any atom is -0.489 e. The molecule has 0 radical (unpaired) electrons. The summed E-state index contributed by atoms with van der Waals surface area (Å²) >= 11 is 0. The van der Waals surface area contributed by atoms with Crippen molar-refractivity contribution in [3.8, 4) is 5.75 Å². The average Bonchev–Trinajstić information content (AvgIpc) is 3.03. The summed E-state index contributed by atoms with van der Waals surface area (Å²) in [4.78, 5) is 25.0. The van der Waals surface area contributed by atoms with Crippen LogP contribution in [0.15, 0.2) is 34.9 Å². The molecule has 1 aromatic carbocycles. The molecule has 1 fully saturated rings. The lowest BCUT2D eigenvalue weighted by Gasteiger charge is -2.29. The molecule has 0 bridgehead atoms. The highest BCUT2D eigenvalue weighted by Crippen LogP contribution is 2.19. The van der Waals surface area contributed by atoms with Gasteiger partial charge in [0.15, 0.2) is 0 Å². The fourth-order valence-corrected chi connectivity index (χ4v) is 3.19. The molecular formula is C21H24N2O5. The number of aliphatic carboxylic acids is 1. The second-order valence-corrected chi connectivity index (χ2v) is 6.96. The molecule has 7 nitrogen and oxygen atoms in total. The third kappa shape index (κ3) is 4.79. The number of hydrogen-bond donors (Lipinski definition) is 1. The summed E-state index contributed by atoms with van der Waals surface area (Å²) in [6.07, 6.45) is 4.56. The smallest absolute Gasteiger partial charge is 0.308 e. The molecule has 1 aromatic heterocycles. The summed E-state index contributed by atoms with van der Waals surface area (Å²) in [5, 5.41) is 13.0. The van der Waals surface area contributed by atoms with E-state index in [-0.39, 0.29) is 12.5 Å². The number of likely N-dealkylation sites (tertiary alicyclic amines) is 1. The van der Waals surface area contributed by atoms with Crippen LogP contribution in [-0.4, -0.2) is 40.1 Å². The number of benzene rings is 1. The lowest BCUT2D eigenvalue weighted by Crippen LogP contribution is -2.41. The van der Waals surface area contributed by atoms with Crippen molar-refractivity contribution in [2.75, 3.05) is 13.1 Å². The van der Waals surface area contributed by atoms with Crippen LogP contribution in [0, 0.1) is 19.8 Å². The fraction of sp³-hybridized carbons (Fsp3) is 0.381. The number of ether oxygens (including phenoxy) is 1. The number of rotatable bonds is 6. The molecule has 1 saturated heterocycles. The Labute approximate surface area is 163 Å². The van der Waals surface area contributed by atoms with Gasteiger partial charge in [-0.05, 0) is 50.5 Å². The van der Waals surface area contributed by atoms with Gasteiger partial charge in [-0.3, -0.25) is 9.59 Å². The fourth-order valence-electron chi connectivity index (χ4n) is 3.19. The first-order valence-electron chi connectivity index (χ1n) is 9.28. The number of amides is 1. The van der Waals surface area contributed by atoms with Crippen LogP contribution < -0.4 is 4.74 Å². The van der Waals surface area contributed by atoms with E-state index in [2.05, 4.69) is 5.16 Å². The summed E-state index contributed by atoms with van der Waals surface area (Å²) in [6, 6.07) is 7.40. The quantitative estimate of drug-likeness (QED) is 0.769. The Balaban J connectivity index is 1.54. The van der Waals surface area contributed by atoms with E-state index < -0.39 is 11.9 Å². The molecule has 3 rings (SSSR count). The Morgan fingerprint density at radius 3 is 2.71 bits per heavy atom. The number of carboxylic acids is 1. The summed E-state index contributed by atoms with van der Waals surface area (Å²) in [7, 11) is 0. The molecule has 1 unspecified atom stereocenters. The van der Waals surface area contributed by atoms with Crippen LogP contribution in [0.25, 0.3) is 6.08 Å². The van der Waals surface area contributed by atoms with Crippen LogP contribution >= 0.6 is 0 Å². The second kappa shape index (κ2) is 8.73. The van der Waals surface area contributed by atoms with Crippen molar-refractivity contribution in [2.45, 2.75) is 33.3 Å². The van der Waals surface area contributed by atoms with E-state index in [4.69, 9.17) is 14.4 Å². The molecule has 0 aliphatic carbocycles. The lowest BCUT2D eigenvalue weighted by molar-refractivity contribution is -0.144. The van der Waals surface area contributed by atoms with Gasteiger partial charge >= 0.3 is 5.97 Å². The van der Waals surface area contributed by atoms with Gasteiger partial charge in [0.05, 0.1) is 17.2 Å². The molecule has 1 atom stereocenters. The van der Waals surface area contributed by atoms with Crippen molar-refractivity contribution in [1.29, 1.82) is 0 Å². The molecule has 0 saturated carbocycles. The molecule has 2 heterocycles. The predicted octanol–water partition coefficient (Wildman–Crippen LogP) is 3.21. The molecule has 1 amide bonds. The maximum absolute atomic E-state index is 12.3. The van der Waals surface area contributed by atoms with E-state index in [1.54, 1.807) is 11.0 Å². The Hall–Kier alpha value is -3.09. The van der Waals surface area contributed by atoms with Crippen LogP contribution in [0.1, 0.15) is 35.4 Å². The largest absolute Gasteiger partial charge is 0.489 e. The van der Waals surface area contributed by atoms with Crippen molar-refractivity contribution >= 4 is 18.0 Å². The van der Waals surface area contributed by atoms with Gasteiger partial charge in [0, 0.05) is 19.2 Å². The number of nitrogens with zero attached hydrogens (tertiary/aromatic N) is 2. The highest BCUT2D eigenvalue weighted by molar-refractivity contribution is 5.92. The van der Waals surface area contributed by atoms with E-state index in [1.165, 1.54) is 6.08 Å². The minimum atomic E-state index is -0.839. The normalized spacial score (nSPS) is 17.1. The summed E-state index contributed by atoms with van der Waals surface area (Å²) in [5.41, 5.74) is 2.62. The van der Waals surface area contributed by atoms with Gasteiger partial charge in [0.1, 0.15) is 18.1 Å². The first-order valence-corrected chi connectivity index (χ1v) is 9.28. The summed E-state index contributed by atoms with van der Waals surface area (Å²) in [5.74, 6) is -0.0132. The van der Waals surface area contributed by atoms with Crippen molar-refractivity contribution < 1.29 is 24.0 Å². The van der Waals surface area contributed by atoms with Gasteiger partial charge < -0.3 is 19.3 Å². The van der Waals surface area contributed by atoms with Crippen LogP contribution in [-0.2, 0) is 16.2 Å². The van der Waals surface area contributed by atoms with Crippen LogP contribution in [0.5, 0.6) is 5.75 Å². The number of aryl methyl sites for hydroxylation is 2. The first kappa shape index (κ1) is 19.7. The molecular weight excluding hydrogens is 360 g/mol. The monoisotopic (exact) mass is 384 g/mol. The van der Waals surface area contributed by atoms with Crippen molar-refractivity contribution in [3.63, 3.8) is 0 Å². The highest BCUT2D eigenvalue weighted by Gasteiger charge is 2.27. The van der Waals surface area contributed by atoms with Crippen LogP contribution in [0.2, 0.25) is 0 Å². The third-order valence-electron chi connectivity index (χ3n) is 4.95. The van der Waals surface area contributed by atoms with Crippen LogP contribution in [0.3, 0.4) is 0 Å². The predicted molar refractivity (Wildman–Crippen MR) is 103 cm³/mol. The first-order chi connectivity index (χ1) is 13.4. The Kier molecular flexibility index (Phi) is 6.13. The lowest BCUT2D eigenvalue weighted by atomic mass is 9.98. The van der Waals surface area contributed by atoms with Gasteiger partial charge in [0.25, 0.3) is 0 Å². The Morgan fingerprint density at radius 2 is 2.07 bits per heavy atom. The van der Waals surface area contributed by atoms with Crippen molar-refractivity contribution in [2.24, 2.45) is 5.92 Å². The number of aromatic nitrogens is 1. The number of piperidine rings is 1. The topological polar surface area (TPSA) is 92.9 Å². The van der Waals surface area contributed by atoms with Gasteiger partial charge in [-0.15, -0.1) is 0 Å². The molecule has 2 aromatic rings. The molecule has 1 N–H and O–H groups in total.